The van der Waals surface area contributed by atoms with Crippen LogP contribution in [0.1, 0.15) is 5.56 Å². The molecular weight excluding hydrogens is 542 g/mol. The molecule has 6 heteroatoms. The zero-order valence-electron chi connectivity index (χ0n) is 24.1. The maximum atomic E-state index is 7.85. The van der Waals surface area contributed by atoms with E-state index in [0.29, 0.717) is 23.9 Å². The molecule has 0 fully saturated rings. The van der Waals surface area contributed by atoms with Crippen molar-refractivity contribution in [3.8, 4) is 17.3 Å². The van der Waals surface area contributed by atoms with E-state index in [1.165, 1.54) is 10.9 Å². The molecule has 210 valence electrons. The summed E-state index contributed by atoms with van der Waals surface area (Å²) in [5.74, 6) is 2.15. The Labute approximate surface area is 255 Å². The molecule has 0 radical (unpaired) electrons. The van der Waals surface area contributed by atoms with Gasteiger partial charge in [-0.25, -0.2) is 9.83 Å². The summed E-state index contributed by atoms with van der Waals surface area (Å²) in [4.78, 5) is 13.0. The van der Waals surface area contributed by atoms with Gasteiger partial charge in [-0.3, -0.25) is 4.57 Å². The van der Waals surface area contributed by atoms with E-state index in [1.54, 1.807) is 6.07 Å². The molecule has 0 aliphatic carbocycles. The lowest BCUT2D eigenvalue weighted by Crippen LogP contribution is -2.23. The Morgan fingerprint density at radius 3 is 2.20 bits per heavy atom. The van der Waals surface area contributed by atoms with Gasteiger partial charge in [0, 0.05) is 40.5 Å². The molecule has 1 aliphatic heterocycles. The first-order chi connectivity index (χ1) is 21.7. The molecule has 0 N–H and O–H groups in total. The number of rotatable bonds is 5. The van der Waals surface area contributed by atoms with E-state index < -0.39 is 0 Å². The summed E-state index contributed by atoms with van der Waals surface area (Å²) < 4.78 is 8.70. The second kappa shape index (κ2) is 10.3. The Balaban J connectivity index is 1.21. The van der Waals surface area contributed by atoms with Crippen molar-refractivity contribution in [2.24, 2.45) is 0 Å². The molecule has 0 bridgehead atoms. The fraction of sp³-hybridized carbons (Fsp3) is 0.0526. The normalized spacial score (nSPS) is 12.5. The second-order valence-electron chi connectivity index (χ2n) is 10.9. The number of anilines is 4. The van der Waals surface area contributed by atoms with Crippen molar-refractivity contribution >= 4 is 50.2 Å². The molecule has 0 saturated carbocycles. The summed E-state index contributed by atoms with van der Waals surface area (Å²) in [5.41, 5.74) is 8.05. The van der Waals surface area contributed by atoms with Gasteiger partial charge in [0.05, 0.1) is 29.0 Å². The predicted molar refractivity (Wildman–Crippen MR) is 178 cm³/mol. The fourth-order valence-corrected chi connectivity index (χ4v) is 6.16. The van der Waals surface area contributed by atoms with Gasteiger partial charge in [0.2, 0.25) is 0 Å². The monoisotopic (exact) mass is 569 g/mol. The van der Waals surface area contributed by atoms with Crippen molar-refractivity contribution in [1.29, 1.82) is 0 Å². The standard InChI is InChI=1S/C38H27N5O/c1-26-15-18-34-33(20-26)32-17-16-30(24-37(32)43(34)38-14-8-9-19-40-38)44-31-22-27(39-2)21-29(23-31)42-25-41(28-10-4-3-5-11-28)35-12-6-7-13-36(35)42/h3-24H,25H2,1H3. The van der Waals surface area contributed by atoms with Crippen LogP contribution in [0.2, 0.25) is 0 Å². The maximum absolute atomic E-state index is 7.85. The van der Waals surface area contributed by atoms with Crippen LogP contribution in [0.25, 0.3) is 32.5 Å². The summed E-state index contributed by atoms with van der Waals surface area (Å²) >= 11 is 0. The summed E-state index contributed by atoms with van der Waals surface area (Å²) in [6.07, 6.45) is 1.81. The predicted octanol–water partition coefficient (Wildman–Crippen LogP) is 10.1. The number of hydrogen-bond acceptors (Lipinski definition) is 4. The van der Waals surface area contributed by atoms with Crippen molar-refractivity contribution in [1.82, 2.24) is 9.55 Å². The highest BCUT2D eigenvalue weighted by molar-refractivity contribution is 6.09. The summed E-state index contributed by atoms with van der Waals surface area (Å²) in [7, 11) is 0. The Hall–Kier alpha value is -6.06. The number of benzene rings is 5. The number of nitrogens with zero attached hydrogens (tertiary/aromatic N) is 5. The van der Waals surface area contributed by atoms with Crippen molar-refractivity contribution < 1.29 is 4.74 Å². The molecule has 0 spiro atoms. The molecule has 5 aromatic carbocycles. The van der Waals surface area contributed by atoms with Crippen LogP contribution in [0, 0.1) is 13.5 Å². The van der Waals surface area contributed by atoms with Gasteiger partial charge in [-0.15, -0.1) is 0 Å². The number of aryl methyl sites for hydroxylation is 1. The molecule has 0 saturated heterocycles. The quantitative estimate of drug-likeness (QED) is 0.193. The van der Waals surface area contributed by atoms with Gasteiger partial charge in [-0.2, -0.15) is 0 Å². The molecule has 1 aliphatic rings. The third kappa shape index (κ3) is 4.31. The molecule has 0 amide bonds. The number of aromatic nitrogens is 2. The van der Waals surface area contributed by atoms with Crippen LogP contribution in [0.5, 0.6) is 11.5 Å². The molecule has 8 rings (SSSR count). The molecule has 2 aromatic heterocycles. The first-order valence-electron chi connectivity index (χ1n) is 14.5. The van der Waals surface area contributed by atoms with Gasteiger partial charge < -0.3 is 14.5 Å². The molecule has 6 nitrogen and oxygen atoms in total. The number of pyridine rings is 1. The first-order valence-corrected chi connectivity index (χ1v) is 14.5. The molecular formula is C38H27N5O. The minimum atomic E-state index is 0.521. The first kappa shape index (κ1) is 25.6. The minimum absolute atomic E-state index is 0.521. The van der Waals surface area contributed by atoms with Gasteiger partial charge >= 0.3 is 0 Å². The van der Waals surface area contributed by atoms with Crippen molar-refractivity contribution in [2.45, 2.75) is 6.92 Å². The van der Waals surface area contributed by atoms with Gasteiger partial charge in [0.1, 0.15) is 24.0 Å². The molecule has 7 aromatic rings. The third-order valence-corrected chi connectivity index (χ3v) is 8.14. The Kier molecular flexibility index (Phi) is 6.02. The maximum Gasteiger partial charge on any atom is 0.192 e. The van der Waals surface area contributed by atoms with E-state index in [2.05, 4.69) is 104 Å². The number of hydrogen-bond donors (Lipinski definition) is 0. The van der Waals surface area contributed by atoms with Crippen LogP contribution in [-0.4, -0.2) is 16.2 Å². The van der Waals surface area contributed by atoms with E-state index in [4.69, 9.17) is 11.3 Å². The molecule has 0 unspecified atom stereocenters. The van der Waals surface area contributed by atoms with Gasteiger partial charge in [0.25, 0.3) is 0 Å². The smallest absolute Gasteiger partial charge is 0.192 e. The SMILES string of the molecule is [C-]#[N+]c1cc(Oc2ccc3c4cc(C)ccc4n(-c4ccccn4)c3c2)cc(N2CN(c3ccccc3)c3ccccc32)c1. The van der Waals surface area contributed by atoms with Crippen LogP contribution in [0.15, 0.2) is 134 Å². The number of fused-ring (bicyclic) bond motifs is 4. The van der Waals surface area contributed by atoms with Gasteiger partial charge in [0.15, 0.2) is 5.69 Å². The highest BCUT2D eigenvalue weighted by Gasteiger charge is 2.28. The van der Waals surface area contributed by atoms with Crippen molar-refractivity contribution in [2.75, 3.05) is 16.5 Å². The highest BCUT2D eigenvalue weighted by atomic mass is 16.5. The van der Waals surface area contributed by atoms with E-state index in [0.717, 1.165) is 45.0 Å². The zero-order valence-corrected chi connectivity index (χ0v) is 24.1. The molecule has 44 heavy (non-hydrogen) atoms. The zero-order chi connectivity index (χ0) is 29.6. The average molecular weight is 570 g/mol. The fourth-order valence-electron chi connectivity index (χ4n) is 6.16. The Morgan fingerprint density at radius 1 is 0.659 bits per heavy atom. The van der Waals surface area contributed by atoms with E-state index in [-0.39, 0.29) is 0 Å². The lowest BCUT2D eigenvalue weighted by atomic mass is 10.1. The topological polar surface area (TPSA) is 37.9 Å². The summed E-state index contributed by atoms with van der Waals surface area (Å²) in [6.45, 7) is 10.6. The largest absolute Gasteiger partial charge is 0.459 e. The third-order valence-electron chi connectivity index (χ3n) is 8.14. The average Bonchev–Trinajstić information content (AvgIpc) is 3.61. The van der Waals surface area contributed by atoms with E-state index >= 15 is 0 Å². The van der Waals surface area contributed by atoms with Gasteiger partial charge in [-0.05, 0) is 79.7 Å². The van der Waals surface area contributed by atoms with Crippen LogP contribution >= 0.6 is 0 Å². The lowest BCUT2D eigenvalue weighted by molar-refractivity contribution is 0.483. The van der Waals surface area contributed by atoms with Crippen LogP contribution in [0.4, 0.5) is 28.4 Å². The lowest BCUT2D eigenvalue weighted by Gasteiger charge is -2.23. The minimum Gasteiger partial charge on any atom is -0.459 e. The Bertz CT molecular complexity index is 2220. The number of para-hydroxylation sites is 3. The second-order valence-corrected chi connectivity index (χ2v) is 10.9. The molecule has 3 heterocycles. The van der Waals surface area contributed by atoms with Crippen LogP contribution in [0.3, 0.4) is 0 Å². The van der Waals surface area contributed by atoms with E-state index in [9.17, 15) is 0 Å². The highest BCUT2D eigenvalue weighted by Crippen LogP contribution is 2.46. The van der Waals surface area contributed by atoms with Crippen molar-refractivity contribution in [3.63, 3.8) is 0 Å². The summed E-state index contributed by atoms with van der Waals surface area (Å²) in [6, 6.07) is 43.1. The van der Waals surface area contributed by atoms with E-state index in [1.807, 2.05) is 54.7 Å². The van der Waals surface area contributed by atoms with Crippen LogP contribution in [-0.2, 0) is 0 Å². The Morgan fingerprint density at radius 2 is 1.43 bits per heavy atom. The van der Waals surface area contributed by atoms with Gasteiger partial charge in [-0.1, -0.05) is 48.0 Å². The van der Waals surface area contributed by atoms with Crippen molar-refractivity contribution in [3.05, 3.63) is 151 Å². The summed E-state index contributed by atoms with van der Waals surface area (Å²) in [5, 5.41) is 2.30. The van der Waals surface area contributed by atoms with Crippen LogP contribution < -0.4 is 14.5 Å². The number of ether oxygens (including phenoxy) is 1. The molecule has 0 atom stereocenters.